The van der Waals surface area contributed by atoms with Crippen LogP contribution in [0.15, 0.2) is 23.1 Å². The number of nitrogens with zero attached hydrogens (tertiary/aromatic N) is 2. The summed E-state index contributed by atoms with van der Waals surface area (Å²) in [5.74, 6) is -1.78. The first kappa shape index (κ1) is 21.3. The zero-order valence-electron chi connectivity index (χ0n) is 17.6. The number of hydrogen-bond donors (Lipinski definition) is 1. The number of carbonyl (C=O) groups is 2. The van der Waals surface area contributed by atoms with E-state index in [0.717, 1.165) is 36.8 Å². The Morgan fingerprint density at radius 3 is 2.00 bits per heavy atom. The Balaban J connectivity index is 1.46. The van der Waals surface area contributed by atoms with E-state index in [1.165, 1.54) is 4.31 Å². The smallest absolute Gasteiger partial charge is 0.307 e. The Bertz CT molecular complexity index is 944. The molecule has 3 saturated carbocycles. The van der Waals surface area contributed by atoms with Crippen LogP contribution in [-0.4, -0.2) is 60.8 Å². The van der Waals surface area contributed by atoms with E-state index >= 15 is 0 Å². The van der Waals surface area contributed by atoms with Crippen molar-refractivity contribution in [3.63, 3.8) is 0 Å². The third-order valence-electron chi connectivity index (χ3n) is 7.46. The molecule has 1 aliphatic heterocycles. The summed E-state index contributed by atoms with van der Waals surface area (Å²) in [5, 5.41) is 9.74. The minimum atomic E-state index is -3.61. The van der Waals surface area contributed by atoms with Crippen molar-refractivity contribution in [2.75, 3.05) is 26.2 Å². The van der Waals surface area contributed by atoms with Gasteiger partial charge in [-0.1, -0.05) is 6.07 Å². The van der Waals surface area contributed by atoms with Crippen LogP contribution < -0.4 is 0 Å². The molecule has 0 unspecified atom stereocenters. The minimum absolute atomic E-state index is 0.0906. The van der Waals surface area contributed by atoms with Gasteiger partial charge in [-0.3, -0.25) is 9.59 Å². The molecule has 2 atom stereocenters. The second-order valence-corrected chi connectivity index (χ2v) is 11.0. The molecule has 1 saturated heterocycles. The molecule has 1 aromatic rings. The Labute approximate surface area is 178 Å². The van der Waals surface area contributed by atoms with Gasteiger partial charge in [-0.25, -0.2) is 8.42 Å². The number of hydrogen-bond acceptors (Lipinski definition) is 4. The number of sulfonamides is 1. The molecular weight excluding hydrogens is 404 g/mol. The van der Waals surface area contributed by atoms with Gasteiger partial charge in [0, 0.05) is 26.2 Å². The standard InChI is InChI=1S/C22H30N2O5S/c1-14-3-8-18(13-15(14)2)30(28,29)24-11-9-23(10-12-24)21(25)19-16-4-6-17(7-5-16)20(19)22(26)27/h3,8,13,16-17,19-20H,4-7,9-12H2,1-2H3,(H,26,27)/t16?,17?,19-,20+/m0/s1. The van der Waals surface area contributed by atoms with Crippen LogP contribution in [-0.2, 0) is 19.6 Å². The molecule has 164 valence electrons. The second-order valence-electron chi connectivity index (χ2n) is 9.04. The van der Waals surface area contributed by atoms with Crippen LogP contribution in [0.5, 0.6) is 0 Å². The van der Waals surface area contributed by atoms with Crippen LogP contribution in [0.4, 0.5) is 0 Å². The number of rotatable bonds is 4. The fraction of sp³-hybridized carbons (Fsp3) is 0.636. The monoisotopic (exact) mass is 434 g/mol. The van der Waals surface area contributed by atoms with Crippen molar-refractivity contribution in [1.29, 1.82) is 0 Å². The van der Waals surface area contributed by atoms with Crippen LogP contribution in [0, 0.1) is 37.5 Å². The number of fused-ring (bicyclic) bond motifs is 3. The average molecular weight is 435 g/mol. The summed E-state index contributed by atoms with van der Waals surface area (Å²) in [6.45, 7) is 4.92. The number of carboxylic acids is 1. The van der Waals surface area contributed by atoms with Crippen LogP contribution in [0.2, 0.25) is 0 Å². The summed E-state index contributed by atoms with van der Waals surface area (Å²) in [6, 6.07) is 5.13. The molecule has 0 aromatic heterocycles. The summed E-state index contributed by atoms with van der Waals surface area (Å²) >= 11 is 0. The number of amides is 1. The van der Waals surface area contributed by atoms with Gasteiger partial charge in [-0.2, -0.15) is 4.31 Å². The largest absolute Gasteiger partial charge is 0.481 e. The Kier molecular flexibility index (Phi) is 5.66. The van der Waals surface area contributed by atoms with Crippen molar-refractivity contribution in [3.05, 3.63) is 29.3 Å². The van der Waals surface area contributed by atoms with Crippen LogP contribution >= 0.6 is 0 Å². The topological polar surface area (TPSA) is 95.0 Å². The maximum atomic E-state index is 13.3. The number of benzene rings is 1. The number of carbonyl (C=O) groups excluding carboxylic acids is 1. The van der Waals surface area contributed by atoms with Gasteiger partial charge in [0.05, 0.1) is 16.7 Å². The van der Waals surface area contributed by atoms with E-state index in [2.05, 4.69) is 0 Å². The Morgan fingerprint density at radius 2 is 1.47 bits per heavy atom. The molecule has 30 heavy (non-hydrogen) atoms. The molecule has 4 aliphatic rings. The summed E-state index contributed by atoms with van der Waals surface area (Å²) in [6.07, 6.45) is 3.64. The lowest BCUT2D eigenvalue weighted by Gasteiger charge is -2.48. The molecule has 1 N–H and O–H groups in total. The lowest BCUT2D eigenvalue weighted by Crippen LogP contribution is -2.56. The second kappa shape index (κ2) is 7.96. The number of aliphatic carboxylic acids is 1. The lowest BCUT2D eigenvalue weighted by molar-refractivity contribution is -0.162. The molecule has 0 radical (unpaired) electrons. The summed E-state index contributed by atoms with van der Waals surface area (Å²) < 4.78 is 27.5. The first-order valence-corrected chi connectivity index (χ1v) is 12.2. The van der Waals surface area contributed by atoms with Crippen molar-refractivity contribution >= 4 is 21.9 Å². The van der Waals surface area contributed by atoms with Gasteiger partial charge in [-0.05, 0) is 74.6 Å². The summed E-state index contributed by atoms with van der Waals surface area (Å²) in [4.78, 5) is 27.1. The zero-order valence-corrected chi connectivity index (χ0v) is 18.4. The molecule has 5 rings (SSSR count). The number of aryl methyl sites for hydroxylation is 2. The normalized spacial score (nSPS) is 29.7. The van der Waals surface area contributed by atoms with Crippen molar-refractivity contribution < 1.29 is 23.1 Å². The molecule has 1 heterocycles. The van der Waals surface area contributed by atoms with E-state index in [1.807, 2.05) is 19.9 Å². The van der Waals surface area contributed by atoms with Gasteiger partial charge in [0.15, 0.2) is 0 Å². The first-order chi connectivity index (χ1) is 14.2. The van der Waals surface area contributed by atoms with E-state index in [-0.39, 0.29) is 35.7 Å². The highest BCUT2D eigenvalue weighted by molar-refractivity contribution is 7.89. The molecule has 3 aliphatic carbocycles. The molecule has 0 spiro atoms. The molecule has 4 fully saturated rings. The Hall–Kier alpha value is -1.93. The third kappa shape index (κ3) is 3.64. The highest BCUT2D eigenvalue weighted by Gasteiger charge is 2.51. The van der Waals surface area contributed by atoms with Gasteiger partial charge < -0.3 is 10.0 Å². The van der Waals surface area contributed by atoms with E-state index in [4.69, 9.17) is 0 Å². The quantitative estimate of drug-likeness (QED) is 0.784. The third-order valence-corrected chi connectivity index (χ3v) is 9.35. The molecule has 1 amide bonds. The summed E-state index contributed by atoms with van der Waals surface area (Å²) in [7, 11) is -3.61. The predicted octanol–water partition coefficient (Wildman–Crippen LogP) is 2.27. The Morgan fingerprint density at radius 1 is 0.900 bits per heavy atom. The highest BCUT2D eigenvalue weighted by atomic mass is 32.2. The lowest BCUT2D eigenvalue weighted by atomic mass is 9.58. The maximum absolute atomic E-state index is 13.3. The van der Waals surface area contributed by atoms with Crippen molar-refractivity contribution in [2.45, 2.75) is 44.4 Å². The molecule has 1 aromatic carbocycles. The van der Waals surface area contributed by atoms with Crippen molar-refractivity contribution in [1.82, 2.24) is 9.21 Å². The van der Waals surface area contributed by atoms with Crippen molar-refractivity contribution in [2.24, 2.45) is 23.7 Å². The minimum Gasteiger partial charge on any atom is -0.481 e. The number of piperazine rings is 1. The molecule has 2 bridgehead atoms. The van der Waals surface area contributed by atoms with Crippen LogP contribution in [0.3, 0.4) is 0 Å². The van der Waals surface area contributed by atoms with Gasteiger partial charge in [0.2, 0.25) is 15.9 Å². The number of carboxylic acid groups (broad SMARTS) is 1. The predicted molar refractivity (Wildman–Crippen MR) is 111 cm³/mol. The fourth-order valence-electron chi connectivity index (χ4n) is 5.54. The maximum Gasteiger partial charge on any atom is 0.307 e. The first-order valence-electron chi connectivity index (χ1n) is 10.8. The van der Waals surface area contributed by atoms with Gasteiger partial charge in [0.25, 0.3) is 0 Å². The van der Waals surface area contributed by atoms with Crippen molar-refractivity contribution in [3.8, 4) is 0 Å². The molecule has 8 heteroatoms. The highest BCUT2D eigenvalue weighted by Crippen LogP contribution is 2.49. The van der Waals surface area contributed by atoms with Gasteiger partial charge in [-0.15, -0.1) is 0 Å². The van der Waals surface area contributed by atoms with Gasteiger partial charge in [0.1, 0.15) is 0 Å². The fourth-order valence-corrected chi connectivity index (χ4v) is 7.05. The van der Waals surface area contributed by atoms with Gasteiger partial charge >= 0.3 is 5.97 Å². The van der Waals surface area contributed by atoms with Crippen LogP contribution in [0.1, 0.15) is 36.8 Å². The summed E-state index contributed by atoms with van der Waals surface area (Å²) in [5.41, 5.74) is 1.97. The van der Waals surface area contributed by atoms with E-state index in [9.17, 15) is 23.1 Å². The average Bonchev–Trinajstić information content (AvgIpc) is 2.75. The molecule has 7 nitrogen and oxygen atoms in total. The van der Waals surface area contributed by atoms with E-state index in [0.29, 0.717) is 13.1 Å². The van der Waals surface area contributed by atoms with E-state index in [1.54, 1.807) is 17.0 Å². The van der Waals surface area contributed by atoms with E-state index < -0.39 is 27.8 Å². The zero-order chi connectivity index (χ0) is 21.6. The SMILES string of the molecule is Cc1ccc(S(=O)(=O)N2CCN(C(=O)[C@H]3C4CCC(CC4)[C@H]3C(=O)O)CC2)cc1C. The molecular formula is C22H30N2O5S. The van der Waals surface area contributed by atoms with Crippen LogP contribution in [0.25, 0.3) is 0 Å².